The van der Waals surface area contributed by atoms with Gasteiger partial charge in [0.15, 0.2) is 0 Å². The van der Waals surface area contributed by atoms with Gasteiger partial charge in [0.25, 0.3) is 0 Å². The summed E-state index contributed by atoms with van der Waals surface area (Å²) in [5, 5.41) is 11.9. The van der Waals surface area contributed by atoms with Gasteiger partial charge in [0.2, 0.25) is 5.91 Å². The molecule has 0 bridgehead atoms. The third-order valence-electron chi connectivity index (χ3n) is 3.35. The normalized spacial score (nSPS) is 12.3. The minimum atomic E-state index is -1.05. The van der Waals surface area contributed by atoms with E-state index in [-0.39, 0.29) is 18.5 Å². The van der Waals surface area contributed by atoms with Gasteiger partial charge in [0.05, 0.1) is 11.4 Å². The molecule has 8 heteroatoms. The van der Waals surface area contributed by atoms with Crippen LogP contribution in [0.4, 0.5) is 4.39 Å². The van der Waals surface area contributed by atoms with E-state index < -0.39 is 23.7 Å². The number of nitrogens with zero attached hydrogens (tertiary/aromatic N) is 2. The molecule has 0 aliphatic rings. The van der Waals surface area contributed by atoms with Gasteiger partial charge >= 0.3 is 5.97 Å². The Hall–Kier alpha value is -1.18. The van der Waals surface area contributed by atoms with Crippen molar-refractivity contribution in [3.05, 3.63) is 33.0 Å². The van der Waals surface area contributed by atoms with Crippen molar-refractivity contribution in [2.75, 3.05) is 13.6 Å². The molecule has 0 fully saturated rings. The van der Waals surface area contributed by atoms with Gasteiger partial charge < -0.3 is 5.11 Å². The van der Waals surface area contributed by atoms with Gasteiger partial charge in [-0.25, -0.2) is 9.40 Å². The number of carboxylic acid groups (broad SMARTS) is 1. The van der Waals surface area contributed by atoms with E-state index in [1.54, 1.807) is 6.92 Å². The molecule has 0 radical (unpaired) electrons. The quantitative estimate of drug-likeness (QED) is 0.594. The standard InChI is InChI=1S/C14H17BrClFN2O3/c1-4-19(18(3)8(2)14(21)22)12(20)7-9-11(17)6-5-10(16)13(9)15/h5-6,8H,4,7H2,1-3H3,(H,21,22). The zero-order valence-electron chi connectivity index (χ0n) is 12.4. The van der Waals surface area contributed by atoms with Gasteiger partial charge in [-0.2, -0.15) is 0 Å². The van der Waals surface area contributed by atoms with Gasteiger partial charge in [-0.05, 0) is 41.9 Å². The van der Waals surface area contributed by atoms with Crippen molar-refractivity contribution in [3.63, 3.8) is 0 Å². The highest BCUT2D eigenvalue weighted by Crippen LogP contribution is 2.29. The number of rotatable bonds is 6. The van der Waals surface area contributed by atoms with Crippen molar-refractivity contribution < 1.29 is 19.1 Å². The van der Waals surface area contributed by atoms with Crippen LogP contribution in [0, 0.1) is 5.82 Å². The second kappa shape index (κ2) is 7.89. The topological polar surface area (TPSA) is 60.9 Å². The minimum Gasteiger partial charge on any atom is -0.480 e. The third-order valence-corrected chi connectivity index (χ3v) is 4.80. The van der Waals surface area contributed by atoms with Crippen molar-refractivity contribution in [2.45, 2.75) is 26.3 Å². The number of halogens is 3. The Balaban J connectivity index is 3.00. The maximum absolute atomic E-state index is 13.9. The Morgan fingerprint density at radius 2 is 2.05 bits per heavy atom. The fourth-order valence-electron chi connectivity index (χ4n) is 1.92. The van der Waals surface area contributed by atoms with Crippen LogP contribution >= 0.6 is 27.5 Å². The number of carbonyl (C=O) groups is 2. The Morgan fingerprint density at radius 3 is 2.55 bits per heavy atom. The predicted octanol–water partition coefficient (Wildman–Crippen LogP) is 2.95. The molecule has 5 nitrogen and oxygen atoms in total. The minimum absolute atomic E-state index is 0.146. The fourth-order valence-corrected chi connectivity index (χ4v) is 2.56. The third kappa shape index (κ3) is 4.18. The summed E-state index contributed by atoms with van der Waals surface area (Å²) in [6.45, 7) is 3.45. The Bertz CT molecular complexity index is 585. The molecule has 1 aromatic rings. The highest BCUT2D eigenvalue weighted by molar-refractivity contribution is 9.10. The first-order chi connectivity index (χ1) is 10.2. The number of hydrogen-bond donors (Lipinski definition) is 1. The van der Waals surface area contributed by atoms with E-state index in [2.05, 4.69) is 15.9 Å². The van der Waals surface area contributed by atoms with Crippen LogP contribution in [-0.2, 0) is 16.0 Å². The molecule has 22 heavy (non-hydrogen) atoms. The van der Waals surface area contributed by atoms with E-state index in [0.29, 0.717) is 9.50 Å². The number of carbonyl (C=O) groups excluding carboxylic acids is 1. The zero-order chi connectivity index (χ0) is 17.0. The summed E-state index contributed by atoms with van der Waals surface area (Å²) in [4.78, 5) is 23.4. The number of hydrogen-bond acceptors (Lipinski definition) is 3. The maximum atomic E-state index is 13.9. The zero-order valence-corrected chi connectivity index (χ0v) is 14.8. The molecule has 0 saturated heterocycles. The van der Waals surface area contributed by atoms with Gasteiger partial charge in [-0.3, -0.25) is 14.6 Å². The lowest BCUT2D eigenvalue weighted by Gasteiger charge is -2.33. The highest BCUT2D eigenvalue weighted by Gasteiger charge is 2.26. The number of hydrazine groups is 1. The number of carboxylic acids is 1. The lowest BCUT2D eigenvalue weighted by Crippen LogP contribution is -2.51. The predicted molar refractivity (Wildman–Crippen MR) is 85.1 cm³/mol. The number of benzene rings is 1. The molecule has 1 N–H and O–H groups in total. The first kappa shape index (κ1) is 18.9. The van der Waals surface area contributed by atoms with Crippen LogP contribution in [0.1, 0.15) is 19.4 Å². The molecule has 1 unspecified atom stereocenters. The molecule has 1 rings (SSSR count). The lowest BCUT2D eigenvalue weighted by atomic mass is 10.1. The smallest absolute Gasteiger partial charge is 0.322 e. The van der Waals surface area contributed by atoms with Crippen LogP contribution < -0.4 is 0 Å². The molecule has 1 amide bonds. The summed E-state index contributed by atoms with van der Waals surface area (Å²) >= 11 is 9.08. The second-order valence-corrected chi connectivity index (χ2v) is 5.90. The molecule has 1 atom stereocenters. The molecule has 122 valence electrons. The van der Waals surface area contributed by atoms with Crippen molar-refractivity contribution >= 4 is 39.4 Å². The summed E-state index contributed by atoms with van der Waals surface area (Å²) in [5.74, 6) is -2.02. The van der Waals surface area contributed by atoms with Crippen molar-refractivity contribution in [3.8, 4) is 0 Å². The Kier molecular flexibility index (Phi) is 6.77. The molecule has 0 aliphatic heterocycles. The Morgan fingerprint density at radius 1 is 1.45 bits per heavy atom. The second-order valence-electron chi connectivity index (χ2n) is 4.70. The van der Waals surface area contributed by atoms with E-state index in [1.165, 1.54) is 36.1 Å². The molecular formula is C14H17BrClFN2O3. The van der Waals surface area contributed by atoms with E-state index in [1.807, 2.05) is 0 Å². The number of likely N-dealkylation sites (N-methyl/N-ethyl adjacent to an activating group) is 2. The van der Waals surface area contributed by atoms with E-state index in [9.17, 15) is 14.0 Å². The molecule has 0 spiro atoms. The van der Waals surface area contributed by atoms with E-state index in [0.717, 1.165) is 0 Å². The van der Waals surface area contributed by atoms with Crippen LogP contribution in [-0.4, -0.2) is 46.6 Å². The highest BCUT2D eigenvalue weighted by atomic mass is 79.9. The van der Waals surface area contributed by atoms with Crippen LogP contribution in [0.3, 0.4) is 0 Å². The van der Waals surface area contributed by atoms with Gasteiger partial charge in [0, 0.05) is 23.6 Å². The van der Waals surface area contributed by atoms with Crippen LogP contribution in [0.5, 0.6) is 0 Å². The van der Waals surface area contributed by atoms with Crippen molar-refractivity contribution in [2.24, 2.45) is 0 Å². The monoisotopic (exact) mass is 394 g/mol. The van der Waals surface area contributed by atoms with Crippen LogP contribution in [0.15, 0.2) is 16.6 Å². The summed E-state index contributed by atoms with van der Waals surface area (Å²) in [7, 11) is 1.50. The first-order valence-electron chi connectivity index (χ1n) is 6.58. The van der Waals surface area contributed by atoms with E-state index in [4.69, 9.17) is 16.7 Å². The molecule has 0 aliphatic carbocycles. The fraction of sp³-hybridized carbons (Fsp3) is 0.429. The molecule has 0 aromatic heterocycles. The average molecular weight is 396 g/mol. The molecule has 0 saturated carbocycles. The molecule has 0 heterocycles. The summed E-state index contributed by atoms with van der Waals surface area (Å²) < 4.78 is 14.2. The van der Waals surface area contributed by atoms with Crippen molar-refractivity contribution in [1.29, 1.82) is 0 Å². The summed E-state index contributed by atoms with van der Waals surface area (Å²) in [6.07, 6.45) is -0.225. The summed E-state index contributed by atoms with van der Waals surface area (Å²) in [6, 6.07) is 1.71. The van der Waals surface area contributed by atoms with E-state index >= 15 is 0 Å². The molecule has 1 aromatic carbocycles. The molecular weight excluding hydrogens is 379 g/mol. The van der Waals surface area contributed by atoms with Gasteiger partial charge in [0.1, 0.15) is 11.9 Å². The maximum Gasteiger partial charge on any atom is 0.322 e. The number of amides is 1. The van der Waals surface area contributed by atoms with Gasteiger partial charge in [-0.1, -0.05) is 11.6 Å². The Labute approximate surface area is 141 Å². The number of aliphatic carboxylic acids is 1. The summed E-state index contributed by atoms with van der Waals surface area (Å²) in [5.41, 5.74) is 0.146. The first-order valence-corrected chi connectivity index (χ1v) is 7.76. The van der Waals surface area contributed by atoms with Crippen LogP contribution in [0.2, 0.25) is 5.02 Å². The largest absolute Gasteiger partial charge is 0.480 e. The van der Waals surface area contributed by atoms with Gasteiger partial charge in [-0.15, -0.1) is 0 Å². The SMILES string of the molecule is CCN(C(=O)Cc1c(F)ccc(Cl)c1Br)N(C)C(C)C(=O)O. The average Bonchev–Trinajstić information content (AvgIpc) is 2.47. The van der Waals surface area contributed by atoms with Crippen molar-refractivity contribution in [1.82, 2.24) is 10.0 Å². The lowest BCUT2D eigenvalue weighted by molar-refractivity contribution is -0.159. The van der Waals surface area contributed by atoms with Crippen LogP contribution in [0.25, 0.3) is 0 Å².